The van der Waals surface area contributed by atoms with Gasteiger partial charge in [-0.2, -0.15) is 5.10 Å². The summed E-state index contributed by atoms with van der Waals surface area (Å²) in [4.78, 5) is 55.2. The van der Waals surface area contributed by atoms with Crippen LogP contribution in [0.5, 0.6) is 0 Å². The van der Waals surface area contributed by atoms with E-state index in [2.05, 4.69) is 28.0 Å². The van der Waals surface area contributed by atoms with Crippen molar-refractivity contribution in [3.05, 3.63) is 47.8 Å². The van der Waals surface area contributed by atoms with Gasteiger partial charge in [0, 0.05) is 32.0 Å². The molecule has 4 atom stereocenters. The number of aromatic nitrogens is 2. The van der Waals surface area contributed by atoms with Crippen molar-refractivity contribution in [1.29, 1.82) is 0 Å². The minimum Gasteiger partial charge on any atom is -0.453 e. The molecule has 0 radical (unpaired) electrons. The third kappa shape index (κ3) is 6.23. The first-order valence-electron chi connectivity index (χ1n) is 16.5. The van der Waals surface area contributed by atoms with Crippen molar-refractivity contribution >= 4 is 29.5 Å². The van der Waals surface area contributed by atoms with Crippen molar-refractivity contribution in [2.45, 2.75) is 75.8 Å². The Bertz CT molecular complexity index is 1460. The third-order valence-electron chi connectivity index (χ3n) is 11.0. The highest BCUT2D eigenvalue weighted by Crippen LogP contribution is 2.58. The van der Waals surface area contributed by atoms with Crippen molar-refractivity contribution < 1.29 is 29.0 Å². The van der Waals surface area contributed by atoms with E-state index in [0.717, 1.165) is 44.9 Å². The maximum absolute atomic E-state index is 14.1. The van der Waals surface area contributed by atoms with Crippen LogP contribution in [-0.4, -0.2) is 82.5 Å². The Morgan fingerprint density at radius 3 is 2.28 bits per heavy atom. The van der Waals surface area contributed by atoms with E-state index in [1.807, 2.05) is 12.1 Å². The Labute approximate surface area is 269 Å². The van der Waals surface area contributed by atoms with Gasteiger partial charge < -0.3 is 30.7 Å². The molecular formula is C34H46N6O6. The van der Waals surface area contributed by atoms with Crippen LogP contribution in [0.25, 0.3) is 0 Å². The molecule has 248 valence electrons. The zero-order valence-corrected chi connectivity index (χ0v) is 27.0. The molecule has 0 bridgehead atoms. The summed E-state index contributed by atoms with van der Waals surface area (Å²) in [6.07, 6.45) is 8.67. The Balaban J connectivity index is 1.23. The number of aliphatic hydroxyl groups is 1. The minimum atomic E-state index is -1.03. The smallest absolute Gasteiger partial charge is 0.409 e. The van der Waals surface area contributed by atoms with E-state index in [-0.39, 0.29) is 54.2 Å². The molecule has 4 N–H and O–H groups in total. The van der Waals surface area contributed by atoms with Crippen LogP contribution in [0.3, 0.4) is 0 Å². The van der Waals surface area contributed by atoms with Gasteiger partial charge in [-0.3, -0.25) is 19.1 Å². The lowest BCUT2D eigenvalue weighted by atomic mass is 9.66. The van der Waals surface area contributed by atoms with Gasteiger partial charge >= 0.3 is 6.09 Å². The quantitative estimate of drug-likeness (QED) is 0.280. The monoisotopic (exact) mass is 634 g/mol. The number of rotatable bonds is 12. The second-order valence-electron chi connectivity index (χ2n) is 14.1. The van der Waals surface area contributed by atoms with Crippen LogP contribution in [-0.2, 0) is 26.8 Å². The molecule has 3 saturated carbocycles. The van der Waals surface area contributed by atoms with Crippen molar-refractivity contribution in [1.82, 2.24) is 25.3 Å². The lowest BCUT2D eigenvalue weighted by Crippen LogP contribution is -2.54. The van der Waals surface area contributed by atoms with Crippen molar-refractivity contribution in [2.24, 2.45) is 30.2 Å². The molecule has 12 nitrogen and oxygen atoms in total. The van der Waals surface area contributed by atoms with Gasteiger partial charge in [-0.15, -0.1) is 0 Å². The Kier molecular flexibility index (Phi) is 8.84. The first-order chi connectivity index (χ1) is 22.1. The molecule has 1 aliphatic heterocycles. The molecule has 1 aromatic carbocycles. The SMILES string of the molecule is COC(=O)N1CCC(C(=O)NC(CO)C2CC2)(c2ccc(NC(=O)[C@@H](NC(=O)c3ccnn3C)C(C3CCC3)C3(C)CC3)cc2)C1. The fourth-order valence-corrected chi connectivity index (χ4v) is 7.56. The van der Waals surface area contributed by atoms with E-state index in [1.54, 1.807) is 31.4 Å². The van der Waals surface area contributed by atoms with E-state index in [9.17, 15) is 24.3 Å². The highest BCUT2D eigenvalue weighted by molar-refractivity contribution is 6.01. The van der Waals surface area contributed by atoms with E-state index in [0.29, 0.717) is 35.8 Å². The van der Waals surface area contributed by atoms with Gasteiger partial charge in [0.25, 0.3) is 5.91 Å². The molecule has 2 aromatic rings. The van der Waals surface area contributed by atoms with Gasteiger partial charge in [0.2, 0.25) is 11.8 Å². The number of amides is 4. The van der Waals surface area contributed by atoms with Crippen LogP contribution in [0.1, 0.15) is 74.3 Å². The lowest BCUT2D eigenvalue weighted by Gasteiger charge is -2.42. The molecule has 0 spiro atoms. The molecule has 1 aromatic heterocycles. The number of likely N-dealkylation sites (tertiary alicyclic amines) is 1. The van der Waals surface area contributed by atoms with E-state index >= 15 is 0 Å². The van der Waals surface area contributed by atoms with Crippen LogP contribution in [0.15, 0.2) is 36.5 Å². The topological polar surface area (TPSA) is 155 Å². The molecular weight excluding hydrogens is 588 g/mol. The first-order valence-corrected chi connectivity index (χ1v) is 16.5. The second-order valence-corrected chi connectivity index (χ2v) is 14.1. The van der Waals surface area contributed by atoms with Gasteiger partial charge in [-0.25, -0.2) is 4.79 Å². The first kappa shape index (κ1) is 32.0. The molecule has 2 heterocycles. The number of hydrogen-bond donors (Lipinski definition) is 4. The largest absolute Gasteiger partial charge is 0.453 e. The summed E-state index contributed by atoms with van der Waals surface area (Å²) >= 11 is 0. The summed E-state index contributed by atoms with van der Waals surface area (Å²) in [6.45, 7) is 2.57. The lowest BCUT2D eigenvalue weighted by molar-refractivity contribution is -0.127. The summed E-state index contributed by atoms with van der Waals surface area (Å²) in [7, 11) is 3.02. The molecule has 6 rings (SSSR count). The molecule has 4 aliphatic rings. The second kappa shape index (κ2) is 12.7. The molecule has 4 amide bonds. The number of ether oxygens (including phenoxy) is 1. The van der Waals surface area contributed by atoms with Crippen molar-refractivity contribution in [3.63, 3.8) is 0 Å². The minimum absolute atomic E-state index is 0.00267. The van der Waals surface area contributed by atoms with E-state index in [1.165, 1.54) is 16.7 Å². The standard InChI is InChI=1S/C34H46N6O6/c1-33(14-15-33)27(22-5-4-6-22)28(38-29(42)26-13-17-35-39(26)2)30(43)36-24-11-9-23(10-12-24)34(16-18-40(20-34)32(45)46-3)31(44)37-25(19-41)21-7-8-21/h9-13,17,21-22,25,27-28,41H,4-8,14-16,18-20H2,1-3H3,(H,36,43)(H,37,44)(H,38,42)/t25?,27?,28-,34?/m0/s1. The van der Waals surface area contributed by atoms with E-state index < -0.39 is 17.6 Å². The molecule has 1 saturated heterocycles. The number of carbonyl (C=O) groups excluding carboxylic acids is 4. The number of carbonyl (C=O) groups is 4. The normalized spacial score (nSPS) is 23.9. The maximum Gasteiger partial charge on any atom is 0.409 e. The fraction of sp³-hybridized carbons (Fsp3) is 0.618. The fourth-order valence-electron chi connectivity index (χ4n) is 7.56. The summed E-state index contributed by atoms with van der Waals surface area (Å²) in [5.41, 5.74) is 0.611. The number of anilines is 1. The van der Waals surface area contributed by atoms with Crippen LogP contribution in [0.4, 0.5) is 10.5 Å². The molecule has 3 unspecified atom stereocenters. The van der Waals surface area contributed by atoms with Gasteiger partial charge in [0.1, 0.15) is 11.7 Å². The number of nitrogens with zero attached hydrogens (tertiary/aromatic N) is 3. The Morgan fingerprint density at radius 2 is 1.74 bits per heavy atom. The van der Waals surface area contributed by atoms with Crippen molar-refractivity contribution in [2.75, 3.05) is 32.1 Å². The van der Waals surface area contributed by atoms with Crippen LogP contribution in [0.2, 0.25) is 0 Å². The van der Waals surface area contributed by atoms with Crippen LogP contribution in [0, 0.1) is 23.2 Å². The number of hydrogen-bond acceptors (Lipinski definition) is 7. The zero-order chi connectivity index (χ0) is 32.6. The molecule has 12 heteroatoms. The Morgan fingerprint density at radius 1 is 1.02 bits per heavy atom. The summed E-state index contributed by atoms with van der Waals surface area (Å²) < 4.78 is 6.45. The summed E-state index contributed by atoms with van der Waals surface area (Å²) in [6, 6.07) is 7.76. The molecule has 46 heavy (non-hydrogen) atoms. The number of nitrogens with one attached hydrogen (secondary N) is 3. The Hall–Kier alpha value is -3.93. The summed E-state index contributed by atoms with van der Waals surface area (Å²) in [5, 5.41) is 23.2. The molecule has 4 fully saturated rings. The molecule has 3 aliphatic carbocycles. The van der Waals surface area contributed by atoms with Gasteiger partial charge in [-0.1, -0.05) is 38.3 Å². The zero-order valence-electron chi connectivity index (χ0n) is 27.0. The highest BCUT2D eigenvalue weighted by Gasteiger charge is 2.54. The predicted molar refractivity (Wildman–Crippen MR) is 170 cm³/mol. The predicted octanol–water partition coefficient (Wildman–Crippen LogP) is 2.97. The van der Waals surface area contributed by atoms with Gasteiger partial charge in [0.05, 0.1) is 25.2 Å². The number of methoxy groups -OCH3 is 1. The number of aryl methyl sites for hydroxylation is 1. The van der Waals surface area contributed by atoms with E-state index in [4.69, 9.17) is 4.74 Å². The average molecular weight is 635 g/mol. The summed E-state index contributed by atoms with van der Waals surface area (Å²) in [5.74, 6) is -0.197. The van der Waals surface area contributed by atoms with Gasteiger partial charge in [-0.05, 0) is 79.0 Å². The third-order valence-corrected chi connectivity index (χ3v) is 11.0. The average Bonchev–Trinajstić information content (AvgIpc) is 3.92. The highest BCUT2D eigenvalue weighted by atomic mass is 16.5. The number of benzene rings is 1. The van der Waals surface area contributed by atoms with Crippen molar-refractivity contribution in [3.8, 4) is 0 Å². The van der Waals surface area contributed by atoms with Crippen LogP contribution >= 0.6 is 0 Å². The number of aliphatic hydroxyl groups excluding tert-OH is 1. The van der Waals surface area contributed by atoms with Gasteiger partial charge in [0.15, 0.2) is 0 Å². The maximum atomic E-state index is 14.1. The van der Waals surface area contributed by atoms with Crippen LogP contribution < -0.4 is 16.0 Å².